The molecule has 0 heterocycles. The number of nitrogens with zero attached hydrogens (tertiary/aromatic N) is 1. The molecule has 2 N–H and O–H groups in total. The Kier molecular flexibility index (Phi) is 8.57. The van der Waals surface area contributed by atoms with Crippen LogP contribution in [0.15, 0.2) is 28.7 Å². The summed E-state index contributed by atoms with van der Waals surface area (Å²) in [5.74, 6) is -0.00313. The monoisotopic (exact) mass is 355 g/mol. The van der Waals surface area contributed by atoms with Crippen molar-refractivity contribution in [3.8, 4) is 0 Å². The van der Waals surface area contributed by atoms with Crippen molar-refractivity contribution in [2.75, 3.05) is 32.0 Å². The van der Waals surface area contributed by atoms with Crippen molar-refractivity contribution in [1.29, 1.82) is 0 Å². The first-order chi connectivity index (χ1) is 9.99. The molecule has 118 valence electrons. The summed E-state index contributed by atoms with van der Waals surface area (Å²) >= 11 is 3.37. The molecule has 1 rings (SSSR count). The fourth-order valence-electron chi connectivity index (χ4n) is 1.81. The topological polar surface area (TPSA) is 44.4 Å². The number of carbonyl (C=O) groups is 1. The van der Waals surface area contributed by atoms with Crippen molar-refractivity contribution in [3.05, 3.63) is 28.7 Å². The molecule has 1 aromatic carbocycles. The average Bonchev–Trinajstić information content (AvgIpc) is 2.44. The second-order valence-corrected chi connectivity index (χ2v) is 6.43. The highest BCUT2D eigenvalue weighted by atomic mass is 79.9. The summed E-state index contributed by atoms with van der Waals surface area (Å²) in [6.45, 7) is 6.73. The largest absolute Gasteiger partial charge is 0.325 e. The standard InChI is InChI=1S/C16H26BrN3O/c1-13(2)20(3)11-5-4-10-18-12-16(21)19-15-8-6-14(17)7-9-15/h6-9,13,18H,4-5,10-12H2,1-3H3,(H,19,21). The van der Waals surface area contributed by atoms with Crippen LogP contribution in [0.2, 0.25) is 0 Å². The molecule has 0 fully saturated rings. The van der Waals surface area contributed by atoms with Crippen LogP contribution in [-0.2, 0) is 4.79 Å². The predicted molar refractivity (Wildman–Crippen MR) is 92.6 cm³/mol. The summed E-state index contributed by atoms with van der Waals surface area (Å²) < 4.78 is 1.00. The quantitative estimate of drug-likeness (QED) is 0.669. The summed E-state index contributed by atoms with van der Waals surface area (Å²) in [7, 11) is 2.14. The Morgan fingerprint density at radius 1 is 1.24 bits per heavy atom. The van der Waals surface area contributed by atoms with E-state index in [2.05, 4.69) is 52.4 Å². The van der Waals surface area contributed by atoms with Crippen molar-refractivity contribution >= 4 is 27.5 Å². The Hall–Kier alpha value is -0.910. The van der Waals surface area contributed by atoms with Crippen LogP contribution in [0.1, 0.15) is 26.7 Å². The normalized spacial score (nSPS) is 11.1. The highest BCUT2D eigenvalue weighted by Gasteiger charge is 2.03. The molecule has 0 aromatic heterocycles. The minimum absolute atomic E-state index is 0.00313. The maximum atomic E-state index is 11.7. The summed E-state index contributed by atoms with van der Waals surface area (Å²) in [6.07, 6.45) is 2.23. The number of anilines is 1. The summed E-state index contributed by atoms with van der Waals surface area (Å²) in [4.78, 5) is 14.1. The third-order valence-corrected chi connectivity index (χ3v) is 3.94. The van der Waals surface area contributed by atoms with Crippen LogP contribution in [0.3, 0.4) is 0 Å². The molecule has 0 atom stereocenters. The molecular formula is C16H26BrN3O. The number of benzene rings is 1. The molecule has 0 unspecified atom stereocenters. The second kappa shape index (κ2) is 9.92. The third-order valence-electron chi connectivity index (χ3n) is 3.41. The average molecular weight is 356 g/mol. The van der Waals surface area contributed by atoms with Gasteiger partial charge in [0.25, 0.3) is 0 Å². The van der Waals surface area contributed by atoms with Crippen LogP contribution < -0.4 is 10.6 Å². The minimum atomic E-state index is -0.00313. The molecule has 1 amide bonds. The zero-order valence-electron chi connectivity index (χ0n) is 13.2. The lowest BCUT2D eigenvalue weighted by Gasteiger charge is -2.20. The van der Waals surface area contributed by atoms with Gasteiger partial charge < -0.3 is 15.5 Å². The molecule has 0 radical (unpaired) electrons. The highest BCUT2D eigenvalue weighted by Crippen LogP contribution is 2.13. The van der Waals surface area contributed by atoms with Gasteiger partial charge in [-0.1, -0.05) is 15.9 Å². The van der Waals surface area contributed by atoms with Gasteiger partial charge >= 0.3 is 0 Å². The van der Waals surface area contributed by atoms with Gasteiger partial charge in [-0.05, 0) is 71.1 Å². The van der Waals surface area contributed by atoms with Gasteiger partial charge in [0.2, 0.25) is 5.91 Å². The molecule has 0 saturated heterocycles. The fourth-order valence-corrected chi connectivity index (χ4v) is 2.07. The third kappa shape index (κ3) is 8.19. The van der Waals surface area contributed by atoms with Crippen molar-refractivity contribution < 1.29 is 4.79 Å². The number of carbonyl (C=O) groups excluding carboxylic acids is 1. The zero-order chi connectivity index (χ0) is 15.7. The lowest BCUT2D eigenvalue weighted by atomic mass is 10.2. The van der Waals surface area contributed by atoms with E-state index < -0.39 is 0 Å². The van der Waals surface area contributed by atoms with E-state index in [-0.39, 0.29) is 5.91 Å². The smallest absolute Gasteiger partial charge is 0.238 e. The minimum Gasteiger partial charge on any atom is -0.325 e. The summed E-state index contributed by atoms with van der Waals surface area (Å²) in [5.41, 5.74) is 0.823. The molecule has 0 spiro atoms. The van der Waals surface area contributed by atoms with Crippen molar-refractivity contribution in [1.82, 2.24) is 10.2 Å². The van der Waals surface area contributed by atoms with Gasteiger partial charge in [-0.2, -0.15) is 0 Å². The van der Waals surface area contributed by atoms with Gasteiger partial charge in [0, 0.05) is 16.2 Å². The number of unbranched alkanes of at least 4 members (excludes halogenated alkanes) is 1. The van der Waals surface area contributed by atoms with Crippen LogP contribution in [0, 0.1) is 0 Å². The number of hydrogen-bond acceptors (Lipinski definition) is 3. The predicted octanol–water partition coefficient (Wildman–Crippen LogP) is 3.10. The molecule has 0 aliphatic heterocycles. The molecule has 0 aliphatic carbocycles. The fraction of sp³-hybridized carbons (Fsp3) is 0.562. The van der Waals surface area contributed by atoms with Crippen molar-refractivity contribution in [2.45, 2.75) is 32.7 Å². The van der Waals surface area contributed by atoms with Crippen LogP contribution in [0.5, 0.6) is 0 Å². The molecule has 4 nitrogen and oxygen atoms in total. The maximum Gasteiger partial charge on any atom is 0.238 e. The van der Waals surface area contributed by atoms with Gasteiger partial charge in [0.05, 0.1) is 6.54 Å². The zero-order valence-corrected chi connectivity index (χ0v) is 14.7. The number of halogens is 1. The van der Waals surface area contributed by atoms with Crippen molar-refractivity contribution in [2.24, 2.45) is 0 Å². The first-order valence-corrected chi connectivity index (χ1v) is 8.24. The van der Waals surface area contributed by atoms with E-state index in [9.17, 15) is 4.79 Å². The Balaban J connectivity index is 2.07. The number of rotatable bonds is 9. The Morgan fingerprint density at radius 2 is 1.90 bits per heavy atom. The van der Waals surface area contributed by atoms with E-state index in [1.165, 1.54) is 0 Å². The van der Waals surface area contributed by atoms with Gasteiger partial charge in [0.1, 0.15) is 0 Å². The van der Waals surface area contributed by atoms with Crippen LogP contribution in [-0.4, -0.2) is 43.5 Å². The van der Waals surface area contributed by atoms with Gasteiger partial charge in [-0.25, -0.2) is 0 Å². The summed E-state index contributed by atoms with van der Waals surface area (Å²) in [5, 5.41) is 6.04. The Labute approximate surface area is 136 Å². The molecule has 21 heavy (non-hydrogen) atoms. The lowest BCUT2D eigenvalue weighted by Crippen LogP contribution is -2.30. The van der Waals surface area contributed by atoms with E-state index in [0.717, 1.165) is 36.1 Å². The first kappa shape index (κ1) is 18.1. The second-order valence-electron chi connectivity index (χ2n) is 5.51. The Bertz CT molecular complexity index is 420. The van der Waals surface area contributed by atoms with E-state index >= 15 is 0 Å². The van der Waals surface area contributed by atoms with Crippen LogP contribution >= 0.6 is 15.9 Å². The van der Waals surface area contributed by atoms with Gasteiger partial charge in [0.15, 0.2) is 0 Å². The van der Waals surface area contributed by atoms with E-state index in [1.54, 1.807) is 0 Å². The number of hydrogen-bond donors (Lipinski definition) is 2. The van der Waals surface area contributed by atoms with Crippen molar-refractivity contribution in [3.63, 3.8) is 0 Å². The van der Waals surface area contributed by atoms with E-state index in [1.807, 2.05) is 24.3 Å². The molecule has 0 saturated carbocycles. The molecular weight excluding hydrogens is 330 g/mol. The maximum absolute atomic E-state index is 11.7. The molecule has 5 heteroatoms. The first-order valence-electron chi connectivity index (χ1n) is 7.45. The van der Waals surface area contributed by atoms with Gasteiger partial charge in [-0.3, -0.25) is 4.79 Å². The van der Waals surface area contributed by atoms with Crippen LogP contribution in [0.25, 0.3) is 0 Å². The van der Waals surface area contributed by atoms with E-state index in [0.29, 0.717) is 12.6 Å². The van der Waals surface area contributed by atoms with E-state index in [4.69, 9.17) is 0 Å². The van der Waals surface area contributed by atoms with Gasteiger partial charge in [-0.15, -0.1) is 0 Å². The summed E-state index contributed by atoms with van der Waals surface area (Å²) in [6, 6.07) is 8.17. The SMILES string of the molecule is CC(C)N(C)CCCCNCC(=O)Nc1ccc(Br)cc1. The molecule has 1 aromatic rings. The van der Waals surface area contributed by atoms with Crippen LogP contribution in [0.4, 0.5) is 5.69 Å². The highest BCUT2D eigenvalue weighted by molar-refractivity contribution is 9.10. The molecule has 0 bridgehead atoms. The Morgan fingerprint density at radius 3 is 2.52 bits per heavy atom. The number of amides is 1. The number of nitrogens with one attached hydrogen (secondary N) is 2. The molecule has 0 aliphatic rings. The lowest BCUT2D eigenvalue weighted by molar-refractivity contribution is -0.115.